The normalized spacial score (nSPS) is 11.4. The van der Waals surface area contributed by atoms with E-state index in [2.05, 4.69) is 69.6 Å². The van der Waals surface area contributed by atoms with Gasteiger partial charge in [0.15, 0.2) is 0 Å². The average molecular weight is 346 g/mol. The zero-order chi connectivity index (χ0) is 17.1. The van der Waals surface area contributed by atoms with Gasteiger partial charge in [0, 0.05) is 12.7 Å². The van der Waals surface area contributed by atoms with Crippen LogP contribution < -0.4 is 5.43 Å². The van der Waals surface area contributed by atoms with Gasteiger partial charge in [-0.25, -0.2) is 4.98 Å². The van der Waals surface area contributed by atoms with E-state index in [0.717, 1.165) is 27.6 Å². The molecule has 0 fully saturated rings. The fourth-order valence-electron chi connectivity index (χ4n) is 2.77. The van der Waals surface area contributed by atoms with Gasteiger partial charge in [0.1, 0.15) is 0 Å². The molecule has 0 saturated carbocycles. The molecule has 4 nitrogen and oxygen atoms in total. The summed E-state index contributed by atoms with van der Waals surface area (Å²) in [4.78, 5) is 4.52. The van der Waals surface area contributed by atoms with Gasteiger partial charge >= 0.3 is 0 Å². The van der Waals surface area contributed by atoms with Crippen molar-refractivity contribution in [3.05, 3.63) is 83.7 Å². The van der Waals surface area contributed by atoms with E-state index >= 15 is 0 Å². The number of hydrazone groups is 1. The number of hydrogen-bond donors (Lipinski definition) is 1. The Hall–Kier alpha value is -2.92. The predicted octanol–water partition coefficient (Wildman–Crippen LogP) is 4.90. The molecular weight excluding hydrogens is 328 g/mol. The number of fused-ring (bicyclic) bond motifs is 1. The highest BCUT2D eigenvalue weighted by Gasteiger charge is 2.02. The maximum absolute atomic E-state index is 4.52. The van der Waals surface area contributed by atoms with Gasteiger partial charge in [-0.2, -0.15) is 5.10 Å². The first-order chi connectivity index (χ1) is 12.3. The van der Waals surface area contributed by atoms with Crippen molar-refractivity contribution in [2.45, 2.75) is 13.5 Å². The summed E-state index contributed by atoms with van der Waals surface area (Å²) in [5.41, 5.74) is 7.64. The van der Waals surface area contributed by atoms with Crippen LogP contribution in [0.4, 0.5) is 5.13 Å². The Morgan fingerprint density at radius 1 is 1.12 bits per heavy atom. The van der Waals surface area contributed by atoms with Gasteiger partial charge in [-0.15, -0.1) is 0 Å². The van der Waals surface area contributed by atoms with Gasteiger partial charge in [-0.3, -0.25) is 5.43 Å². The molecule has 0 amide bonds. The molecule has 0 saturated heterocycles. The monoisotopic (exact) mass is 346 g/mol. The average Bonchev–Trinajstić information content (AvgIpc) is 3.21. The minimum atomic E-state index is 0.800. The summed E-state index contributed by atoms with van der Waals surface area (Å²) in [5, 5.41) is 5.15. The van der Waals surface area contributed by atoms with Gasteiger partial charge in [0.25, 0.3) is 0 Å². The van der Waals surface area contributed by atoms with Gasteiger partial charge in [0.2, 0.25) is 5.13 Å². The van der Waals surface area contributed by atoms with Crippen LogP contribution in [0.25, 0.3) is 10.2 Å². The van der Waals surface area contributed by atoms with Crippen molar-refractivity contribution in [2.24, 2.45) is 5.10 Å². The third kappa shape index (κ3) is 3.61. The van der Waals surface area contributed by atoms with E-state index in [1.54, 1.807) is 11.3 Å². The molecule has 0 atom stereocenters. The van der Waals surface area contributed by atoms with Crippen LogP contribution in [0.15, 0.2) is 72.0 Å². The number of aromatic nitrogens is 2. The number of nitrogens with one attached hydrogen (secondary N) is 1. The number of aryl methyl sites for hydroxylation is 1. The number of rotatable bonds is 5. The molecule has 2 heterocycles. The van der Waals surface area contributed by atoms with Crippen LogP contribution in [0.1, 0.15) is 16.8 Å². The topological polar surface area (TPSA) is 42.2 Å². The van der Waals surface area contributed by atoms with Crippen molar-refractivity contribution >= 4 is 32.9 Å². The van der Waals surface area contributed by atoms with Crippen molar-refractivity contribution in [3.63, 3.8) is 0 Å². The first-order valence-corrected chi connectivity index (χ1v) is 8.95. The first kappa shape index (κ1) is 15.6. The quantitative estimate of drug-likeness (QED) is 0.412. The Balaban J connectivity index is 1.47. The summed E-state index contributed by atoms with van der Waals surface area (Å²) in [7, 11) is 0. The SMILES string of the molecule is Cc1cccc(Cn2cccc2/C=N/Nc2nc3ccccc3s2)c1. The van der Waals surface area contributed by atoms with Crippen molar-refractivity contribution in [3.8, 4) is 0 Å². The molecule has 5 heteroatoms. The van der Waals surface area contributed by atoms with Gasteiger partial charge in [-0.05, 0) is 36.8 Å². The first-order valence-electron chi connectivity index (χ1n) is 8.13. The Labute approximate surface area is 150 Å². The molecule has 2 aromatic heterocycles. The third-order valence-corrected chi connectivity index (χ3v) is 4.89. The van der Waals surface area contributed by atoms with E-state index in [4.69, 9.17) is 0 Å². The van der Waals surface area contributed by atoms with E-state index < -0.39 is 0 Å². The summed E-state index contributed by atoms with van der Waals surface area (Å²) in [6, 6.07) is 20.7. The minimum absolute atomic E-state index is 0.800. The van der Waals surface area contributed by atoms with Crippen molar-refractivity contribution in [1.29, 1.82) is 0 Å². The zero-order valence-electron chi connectivity index (χ0n) is 13.9. The van der Waals surface area contributed by atoms with Crippen LogP contribution in [0.3, 0.4) is 0 Å². The Morgan fingerprint density at radius 3 is 2.92 bits per heavy atom. The maximum atomic E-state index is 4.52. The second-order valence-electron chi connectivity index (χ2n) is 5.91. The van der Waals surface area contributed by atoms with Crippen LogP contribution in [-0.4, -0.2) is 15.8 Å². The molecule has 25 heavy (non-hydrogen) atoms. The number of anilines is 1. The molecular formula is C20H18N4S. The Kier molecular flexibility index (Phi) is 4.31. The molecule has 2 aromatic carbocycles. The summed E-state index contributed by atoms with van der Waals surface area (Å²) in [6.07, 6.45) is 3.91. The van der Waals surface area contributed by atoms with Crippen LogP contribution >= 0.6 is 11.3 Å². The van der Waals surface area contributed by atoms with Crippen LogP contribution in [0, 0.1) is 6.92 Å². The smallest absolute Gasteiger partial charge is 0.204 e. The van der Waals surface area contributed by atoms with E-state index in [9.17, 15) is 0 Å². The molecule has 0 unspecified atom stereocenters. The highest BCUT2D eigenvalue weighted by molar-refractivity contribution is 7.22. The van der Waals surface area contributed by atoms with Gasteiger partial charge < -0.3 is 4.57 Å². The van der Waals surface area contributed by atoms with Gasteiger partial charge in [0.05, 0.1) is 22.1 Å². The fourth-order valence-corrected chi connectivity index (χ4v) is 3.58. The molecule has 0 aliphatic heterocycles. The summed E-state index contributed by atoms with van der Waals surface area (Å²) in [5.74, 6) is 0. The van der Waals surface area contributed by atoms with Crippen molar-refractivity contribution < 1.29 is 0 Å². The van der Waals surface area contributed by atoms with Crippen molar-refractivity contribution in [2.75, 3.05) is 5.43 Å². The van der Waals surface area contributed by atoms with E-state index in [0.29, 0.717) is 0 Å². The molecule has 124 valence electrons. The standard InChI is InChI=1S/C20H18N4S/c1-15-6-4-7-16(12-15)14-24-11-5-8-17(24)13-21-23-20-22-18-9-2-3-10-19(18)25-20/h2-13H,14H2,1H3,(H,22,23)/b21-13+. The number of benzene rings is 2. The molecule has 0 spiro atoms. The lowest BCUT2D eigenvalue weighted by molar-refractivity contribution is 0.799. The Bertz CT molecular complexity index is 996. The van der Waals surface area contributed by atoms with Crippen LogP contribution in [0.2, 0.25) is 0 Å². The molecule has 0 radical (unpaired) electrons. The Morgan fingerprint density at radius 2 is 2.04 bits per heavy atom. The number of thiazole rings is 1. The fraction of sp³-hybridized carbons (Fsp3) is 0.100. The number of para-hydroxylation sites is 1. The van der Waals surface area contributed by atoms with E-state index in [-0.39, 0.29) is 0 Å². The van der Waals surface area contributed by atoms with Gasteiger partial charge in [-0.1, -0.05) is 53.3 Å². The van der Waals surface area contributed by atoms with Crippen LogP contribution in [-0.2, 0) is 6.54 Å². The lowest BCUT2D eigenvalue weighted by Gasteiger charge is -2.07. The minimum Gasteiger partial charge on any atom is -0.342 e. The molecule has 0 aliphatic carbocycles. The highest BCUT2D eigenvalue weighted by atomic mass is 32.1. The molecule has 0 aliphatic rings. The van der Waals surface area contributed by atoms with Crippen LogP contribution in [0.5, 0.6) is 0 Å². The zero-order valence-corrected chi connectivity index (χ0v) is 14.7. The predicted molar refractivity (Wildman–Crippen MR) is 106 cm³/mol. The molecule has 4 rings (SSSR count). The second kappa shape index (κ2) is 6.91. The molecule has 1 N–H and O–H groups in total. The van der Waals surface area contributed by atoms with E-state index in [1.165, 1.54) is 11.1 Å². The van der Waals surface area contributed by atoms with E-state index in [1.807, 2.05) is 30.5 Å². The largest absolute Gasteiger partial charge is 0.342 e. The summed E-state index contributed by atoms with van der Waals surface area (Å²) in [6.45, 7) is 2.95. The highest BCUT2D eigenvalue weighted by Crippen LogP contribution is 2.25. The molecule has 4 aromatic rings. The third-order valence-electron chi connectivity index (χ3n) is 3.95. The lowest BCUT2D eigenvalue weighted by atomic mass is 10.1. The summed E-state index contributed by atoms with van der Waals surface area (Å²) >= 11 is 1.60. The molecule has 0 bridgehead atoms. The second-order valence-corrected chi connectivity index (χ2v) is 6.94. The maximum Gasteiger partial charge on any atom is 0.204 e. The number of hydrogen-bond acceptors (Lipinski definition) is 4. The van der Waals surface area contributed by atoms with Crippen molar-refractivity contribution in [1.82, 2.24) is 9.55 Å². The number of nitrogens with zero attached hydrogens (tertiary/aromatic N) is 3. The summed E-state index contributed by atoms with van der Waals surface area (Å²) < 4.78 is 3.33. The lowest BCUT2D eigenvalue weighted by Crippen LogP contribution is -2.03.